The largest absolute Gasteiger partial charge is 0.508 e. The number of morpholine rings is 1. The van der Waals surface area contributed by atoms with E-state index < -0.39 is 23.7 Å². The second-order valence-corrected chi connectivity index (χ2v) is 10.0. The molecule has 2 saturated heterocycles. The van der Waals surface area contributed by atoms with E-state index in [2.05, 4.69) is 13.8 Å². The molecule has 0 aromatic heterocycles. The molecular formula is C28H35N2O6+. The van der Waals surface area contributed by atoms with E-state index in [9.17, 15) is 19.5 Å². The number of carbonyl (C=O) groups excluding carboxylic acids is 3. The van der Waals surface area contributed by atoms with Crippen molar-refractivity contribution in [2.24, 2.45) is 11.8 Å². The Hall–Kier alpha value is -3.23. The molecule has 8 heteroatoms. The van der Waals surface area contributed by atoms with E-state index in [1.807, 2.05) is 6.92 Å². The van der Waals surface area contributed by atoms with Gasteiger partial charge in [-0.25, -0.2) is 0 Å². The smallest absolute Gasteiger partial charge is 0.291 e. The predicted octanol–water partition coefficient (Wildman–Crippen LogP) is 1.60. The fourth-order valence-corrected chi connectivity index (χ4v) is 4.86. The Morgan fingerprint density at radius 2 is 1.83 bits per heavy atom. The van der Waals surface area contributed by atoms with Gasteiger partial charge in [0.25, 0.3) is 5.91 Å². The van der Waals surface area contributed by atoms with Gasteiger partial charge >= 0.3 is 0 Å². The van der Waals surface area contributed by atoms with Crippen LogP contribution in [0.25, 0.3) is 0 Å². The number of Topliss-reactive ketones (excluding diaryl/α,β-unsaturated/α-hetero) is 2. The number of nitrogens with zero attached hydrogens (tertiary/aromatic N) is 1. The minimum Gasteiger partial charge on any atom is -0.508 e. The second-order valence-electron chi connectivity index (χ2n) is 10.0. The molecule has 4 rings (SSSR count). The molecule has 1 amide bonds. The van der Waals surface area contributed by atoms with Crippen LogP contribution in [0, 0.1) is 18.8 Å². The van der Waals surface area contributed by atoms with Gasteiger partial charge < -0.3 is 24.4 Å². The fraction of sp³-hybridized carbons (Fsp3) is 0.464. The predicted molar refractivity (Wildman–Crippen MR) is 133 cm³/mol. The highest BCUT2D eigenvalue weighted by molar-refractivity contribution is 6.44. The number of nitrogens with one attached hydrogen (secondary N) is 1. The Balaban J connectivity index is 1.62. The van der Waals surface area contributed by atoms with Gasteiger partial charge in [0.1, 0.15) is 30.5 Å². The van der Waals surface area contributed by atoms with Gasteiger partial charge in [0, 0.05) is 5.56 Å². The van der Waals surface area contributed by atoms with Crippen molar-refractivity contribution in [3.63, 3.8) is 0 Å². The number of carbonyl (C=O) groups is 3. The monoisotopic (exact) mass is 495 g/mol. The maximum Gasteiger partial charge on any atom is 0.291 e. The summed E-state index contributed by atoms with van der Waals surface area (Å²) in [6.45, 7) is 10.6. The highest BCUT2D eigenvalue weighted by atomic mass is 16.5. The van der Waals surface area contributed by atoms with Gasteiger partial charge in [-0.2, -0.15) is 0 Å². The number of hydrogen-bond acceptors (Lipinski definition) is 6. The molecule has 192 valence electrons. The molecule has 2 aliphatic heterocycles. The molecule has 0 bridgehead atoms. The van der Waals surface area contributed by atoms with Crippen LogP contribution >= 0.6 is 0 Å². The van der Waals surface area contributed by atoms with E-state index >= 15 is 0 Å². The summed E-state index contributed by atoms with van der Waals surface area (Å²) in [5, 5.41) is 9.79. The minimum atomic E-state index is -1.15. The van der Waals surface area contributed by atoms with Crippen LogP contribution in [0.15, 0.2) is 42.5 Å². The lowest BCUT2D eigenvalue weighted by Gasteiger charge is -2.30. The number of ketones is 2. The molecule has 36 heavy (non-hydrogen) atoms. The lowest BCUT2D eigenvalue weighted by atomic mass is 9.86. The first-order valence-corrected chi connectivity index (χ1v) is 12.6. The Bertz CT molecular complexity index is 1110. The minimum absolute atomic E-state index is 0.0780. The molecule has 2 heterocycles. The lowest BCUT2D eigenvalue weighted by Crippen LogP contribution is -3.14. The topological polar surface area (TPSA) is 97.6 Å². The number of ether oxygens (including phenoxy) is 2. The molecule has 2 atom stereocenters. The van der Waals surface area contributed by atoms with Crippen LogP contribution in [0.5, 0.6) is 11.5 Å². The summed E-state index contributed by atoms with van der Waals surface area (Å²) in [6.07, 6.45) is 0. The average molecular weight is 496 g/mol. The van der Waals surface area contributed by atoms with E-state index in [0.717, 1.165) is 18.7 Å². The maximum atomic E-state index is 13.7. The first-order valence-electron chi connectivity index (χ1n) is 12.6. The zero-order chi connectivity index (χ0) is 25.8. The molecule has 2 unspecified atom stereocenters. The van der Waals surface area contributed by atoms with Crippen LogP contribution in [-0.2, 0) is 14.3 Å². The highest BCUT2D eigenvalue weighted by Crippen LogP contribution is 2.38. The maximum absolute atomic E-state index is 13.7. The summed E-state index contributed by atoms with van der Waals surface area (Å²) < 4.78 is 11.3. The van der Waals surface area contributed by atoms with E-state index in [-0.39, 0.29) is 11.5 Å². The van der Waals surface area contributed by atoms with E-state index in [4.69, 9.17) is 9.47 Å². The van der Waals surface area contributed by atoms with Crippen LogP contribution in [-0.4, -0.2) is 73.5 Å². The number of aryl methyl sites for hydroxylation is 1. The summed E-state index contributed by atoms with van der Waals surface area (Å²) in [7, 11) is 0. The number of quaternary nitrogens is 1. The number of benzene rings is 2. The van der Waals surface area contributed by atoms with Gasteiger partial charge in [-0.1, -0.05) is 26.0 Å². The Morgan fingerprint density at radius 1 is 1.14 bits per heavy atom. The molecule has 2 fully saturated rings. The summed E-state index contributed by atoms with van der Waals surface area (Å²) in [5.74, 6) is -1.71. The molecule has 2 aliphatic rings. The van der Waals surface area contributed by atoms with Gasteiger partial charge in [0.15, 0.2) is 5.78 Å². The van der Waals surface area contributed by atoms with Gasteiger partial charge in [-0.3, -0.25) is 14.4 Å². The summed E-state index contributed by atoms with van der Waals surface area (Å²) >= 11 is 0. The van der Waals surface area contributed by atoms with Gasteiger partial charge in [-0.15, -0.1) is 0 Å². The average Bonchev–Trinajstić information content (AvgIpc) is 3.12. The van der Waals surface area contributed by atoms with Crippen molar-refractivity contribution in [3.8, 4) is 11.5 Å². The molecule has 2 N–H and O–H groups in total. The molecular weight excluding hydrogens is 460 g/mol. The van der Waals surface area contributed by atoms with Crippen molar-refractivity contribution in [2.45, 2.75) is 26.8 Å². The van der Waals surface area contributed by atoms with E-state index in [1.165, 1.54) is 21.9 Å². The number of hydrogen-bond donors (Lipinski definition) is 2. The second kappa shape index (κ2) is 11.2. The molecule has 0 saturated carbocycles. The summed E-state index contributed by atoms with van der Waals surface area (Å²) in [4.78, 5) is 43.0. The third kappa shape index (κ3) is 5.60. The van der Waals surface area contributed by atoms with Crippen LogP contribution in [0.2, 0.25) is 0 Å². The summed E-state index contributed by atoms with van der Waals surface area (Å²) in [6, 6.07) is 10.8. The fourth-order valence-electron chi connectivity index (χ4n) is 4.86. The van der Waals surface area contributed by atoms with Crippen molar-refractivity contribution in [3.05, 3.63) is 59.2 Å². The molecule has 0 spiro atoms. The van der Waals surface area contributed by atoms with Crippen LogP contribution in [0.3, 0.4) is 0 Å². The molecule has 2 aromatic carbocycles. The number of rotatable bonds is 9. The number of amides is 1. The van der Waals surface area contributed by atoms with Crippen molar-refractivity contribution in [1.29, 1.82) is 0 Å². The van der Waals surface area contributed by atoms with Crippen molar-refractivity contribution in [2.75, 3.05) is 46.0 Å². The zero-order valence-electron chi connectivity index (χ0n) is 21.2. The Kier molecular flexibility index (Phi) is 8.06. The molecule has 2 aromatic rings. The lowest BCUT2D eigenvalue weighted by molar-refractivity contribution is -0.907. The quantitative estimate of drug-likeness (QED) is 0.312. The first kappa shape index (κ1) is 25.9. The molecule has 0 aliphatic carbocycles. The third-order valence-corrected chi connectivity index (χ3v) is 6.86. The van der Waals surface area contributed by atoms with Crippen LogP contribution in [0.4, 0.5) is 0 Å². The highest BCUT2D eigenvalue weighted by Gasteiger charge is 2.51. The van der Waals surface area contributed by atoms with Crippen molar-refractivity contribution < 1.29 is 33.9 Å². The number of phenols is 1. The first-order chi connectivity index (χ1) is 17.3. The number of likely N-dealkylation sites (tertiary alicyclic amines) is 1. The van der Waals surface area contributed by atoms with Gasteiger partial charge in [0.05, 0.1) is 39.0 Å². The van der Waals surface area contributed by atoms with Crippen LogP contribution < -0.4 is 9.64 Å². The van der Waals surface area contributed by atoms with Gasteiger partial charge in [0.2, 0.25) is 5.78 Å². The summed E-state index contributed by atoms with van der Waals surface area (Å²) in [5.41, 5.74) is 1.82. The Labute approximate surface area is 211 Å². The molecule has 8 nitrogen and oxygen atoms in total. The van der Waals surface area contributed by atoms with E-state index in [1.54, 1.807) is 30.3 Å². The number of aromatic hydroxyl groups is 1. The van der Waals surface area contributed by atoms with Crippen LogP contribution in [0.1, 0.15) is 41.4 Å². The third-order valence-electron chi connectivity index (χ3n) is 6.86. The van der Waals surface area contributed by atoms with Gasteiger partial charge in [-0.05, 0) is 54.3 Å². The normalized spacial score (nSPS) is 20.8. The van der Waals surface area contributed by atoms with Crippen molar-refractivity contribution >= 4 is 17.5 Å². The van der Waals surface area contributed by atoms with Crippen molar-refractivity contribution in [1.82, 2.24) is 4.90 Å². The standard InChI is InChI=1S/C28H34N2O6/c1-18(2)17-36-23-9-6-21(16-19(23)3)26(32)24-25(20-4-7-22(31)8-5-20)30(28(34)27(24)33)11-10-29-12-14-35-15-13-29/h4-9,16,18,24-25,31H,10-15,17H2,1-3H3/p+1. The zero-order valence-corrected chi connectivity index (χ0v) is 21.2. The Morgan fingerprint density at radius 3 is 2.47 bits per heavy atom. The SMILES string of the molecule is Cc1cc(C(=O)C2C(=O)C(=O)N(CC[NH+]3CCOCC3)C2c2ccc(O)cc2)ccc1OCC(C)C. The molecule has 0 radical (unpaired) electrons. The van der Waals surface area contributed by atoms with E-state index in [0.29, 0.717) is 55.7 Å². The number of phenolic OH excluding ortho intramolecular Hbond substituents is 1.